The lowest BCUT2D eigenvalue weighted by molar-refractivity contribution is -0.142. The summed E-state index contributed by atoms with van der Waals surface area (Å²) in [5, 5.41) is 9.78. The van der Waals surface area contributed by atoms with Crippen molar-refractivity contribution in [2.24, 2.45) is 5.92 Å². The first-order chi connectivity index (χ1) is 7.11. The minimum atomic E-state index is -0.715. The van der Waals surface area contributed by atoms with Gasteiger partial charge >= 0.3 is 5.97 Å². The summed E-state index contributed by atoms with van der Waals surface area (Å²) in [7, 11) is 0. The normalized spacial score (nSPS) is 24.7. The van der Waals surface area contributed by atoms with E-state index in [0.29, 0.717) is 11.4 Å². The van der Waals surface area contributed by atoms with Crippen molar-refractivity contribution in [3.05, 3.63) is 34.3 Å². The van der Waals surface area contributed by atoms with E-state index in [1.165, 1.54) is 5.56 Å². The minimum Gasteiger partial charge on any atom is -0.481 e. The Morgan fingerprint density at radius 3 is 2.93 bits per heavy atom. The number of carboxylic acid groups (broad SMARTS) is 1. The maximum absolute atomic E-state index is 11.0. The zero-order valence-corrected chi connectivity index (χ0v) is 9.29. The standard InChI is InChI=1S/C12H13ClO2/c1-7-9(12(14)15)6-5-8-3-2-4-10(13)11(7)8/h2-4,7,9H,5-6H2,1H3,(H,14,15). The minimum absolute atomic E-state index is 0.0138. The molecule has 1 aromatic carbocycles. The van der Waals surface area contributed by atoms with Crippen LogP contribution in [-0.2, 0) is 11.2 Å². The van der Waals surface area contributed by atoms with Crippen LogP contribution >= 0.6 is 11.6 Å². The quantitative estimate of drug-likeness (QED) is 0.796. The van der Waals surface area contributed by atoms with Crippen LogP contribution in [0.2, 0.25) is 5.02 Å². The van der Waals surface area contributed by atoms with Crippen LogP contribution in [0.4, 0.5) is 0 Å². The lowest BCUT2D eigenvalue weighted by Crippen LogP contribution is -2.25. The van der Waals surface area contributed by atoms with Gasteiger partial charge in [-0.25, -0.2) is 0 Å². The molecule has 0 spiro atoms. The zero-order valence-electron chi connectivity index (χ0n) is 8.53. The topological polar surface area (TPSA) is 37.3 Å². The third kappa shape index (κ3) is 1.74. The highest BCUT2D eigenvalue weighted by Crippen LogP contribution is 2.39. The van der Waals surface area contributed by atoms with Crippen molar-refractivity contribution < 1.29 is 9.90 Å². The van der Waals surface area contributed by atoms with Gasteiger partial charge in [-0.15, -0.1) is 0 Å². The van der Waals surface area contributed by atoms with Gasteiger partial charge in [-0.05, 0) is 36.0 Å². The van der Waals surface area contributed by atoms with E-state index in [2.05, 4.69) is 0 Å². The van der Waals surface area contributed by atoms with Gasteiger partial charge in [0.05, 0.1) is 5.92 Å². The largest absolute Gasteiger partial charge is 0.481 e. The van der Waals surface area contributed by atoms with Gasteiger partial charge in [0.25, 0.3) is 0 Å². The maximum Gasteiger partial charge on any atom is 0.307 e. The third-order valence-electron chi connectivity index (χ3n) is 3.24. The number of hydrogen-bond donors (Lipinski definition) is 1. The van der Waals surface area contributed by atoms with Crippen LogP contribution in [0.3, 0.4) is 0 Å². The predicted molar refractivity (Wildman–Crippen MR) is 59.3 cm³/mol. The van der Waals surface area contributed by atoms with Crippen molar-refractivity contribution in [2.75, 3.05) is 0 Å². The second-order valence-corrected chi connectivity index (χ2v) is 4.49. The van der Waals surface area contributed by atoms with Crippen molar-refractivity contribution in [1.29, 1.82) is 0 Å². The molecule has 0 amide bonds. The highest BCUT2D eigenvalue weighted by atomic mass is 35.5. The summed E-state index contributed by atoms with van der Waals surface area (Å²) >= 11 is 6.11. The summed E-state index contributed by atoms with van der Waals surface area (Å²) in [4.78, 5) is 11.0. The van der Waals surface area contributed by atoms with E-state index >= 15 is 0 Å². The van der Waals surface area contributed by atoms with Crippen LogP contribution in [-0.4, -0.2) is 11.1 Å². The predicted octanol–water partition coefficient (Wildman–Crippen LogP) is 3.09. The van der Waals surface area contributed by atoms with Gasteiger partial charge in [-0.1, -0.05) is 30.7 Å². The average molecular weight is 225 g/mol. The summed E-state index contributed by atoms with van der Waals surface area (Å²) < 4.78 is 0. The van der Waals surface area contributed by atoms with E-state index in [1.807, 2.05) is 25.1 Å². The van der Waals surface area contributed by atoms with Crippen molar-refractivity contribution in [3.8, 4) is 0 Å². The molecule has 2 atom stereocenters. The molecule has 3 heteroatoms. The zero-order chi connectivity index (χ0) is 11.0. The van der Waals surface area contributed by atoms with Gasteiger partial charge < -0.3 is 5.11 Å². The van der Waals surface area contributed by atoms with Gasteiger partial charge in [0.15, 0.2) is 0 Å². The molecule has 2 nitrogen and oxygen atoms in total. The molecule has 0 saturated heterocycles. The molecule has 0 aliphatic heterocycles. The van der Waals surface area contributed by atoms with Gasteiger partial charge in [0, 0.05) is 5.02 Å². The Kier molecular flexibility index (Phi) is 2.70. The Morgan fingerprint density at radius 1 is 1.53 bits per heavy atom. The molecule has 1 aliphatic rings. The van der Waals surface area contributed by atoms with Crippen molar-refractivity contribution in [1.82, 2.24) is 0 Å². The molecule has 0 radical (unpaired) electrons. The van der Waals surface area contributed by atoms with Crippen LogP contribution < -0.4 is 0 Å². The van der Waals surface area contributed by atoms with E-state index in [9.17, 15) is 4.79 Å². The number of hydrogen-bond acceptors (Lipinski definition) is 1. The summed E-state index contributed by atoms with van der Waals surface area (Å²) in [6.07, 6.45) is 1.53. The third-order valence-corrected chi connectivity index (χ3v) is 3.57. The number of aliphatic carboxylic acids is 1. The Hall–Kier alpha value is -1.02. The number of benzene rings is 1. The molecule has 2 rings (SSSR count). The Labute approximate surface area is 93.9 Å². The molecule has 0 aromatic heterocycles. The van der Waals surface area contributed by atoms with E-state index in [-0.39, 0.29) is 11.8 Å². The van der Waals surface area contributed by atoms with Gasteiger partial charge in [-0.3, -0.25) is 4.79 Å². The summed E-state index contributed by atoms with van der Waals surface area (Å²) in [6.45, 7) is 1.95. The van der Waals surface area contributed by atoms with E-state index in [1.54, 1.807) is 0 Å². The molecular weight excluding hydrogens is 212 g/mol. The number of carbonyl (C=O) groups is 1. The maximum atomic E-state index is 11.0. The van der Waals surface area contributed by atoms with Gasteiger partial charge in [-0.2, -0.15) is 0 Å². The first-order valence-electron chi connectivity index (χ1n) is 5.11. The Balaban J connectivity index is 2.45. The molecule has 0 saturated carbocycles. The molecule has 0 fully saturated rings. The summed E-state index contributed by atoms with van der Waals surface area (Å²) in [6, 6.07) is 5.80. The molecule has 80 valence electrons. The smallest absolute Gasteiger partial charge is 0.307 e. The van der Waals surface area contributed by atoms with Crippen LogP contribution in [0, 0.1) is 5.92 Å². The van der Waals surface area contributed by atoms with Crippen molar-refractivity contribution >= 4 is 17.6 Å². The first-order valence-corrected chi connectivity index (χ1v) is 5.49. The fourth-order valence-corrected chi connectivity index (χ4v) is 2.78. The molecule has 15 heavy (non-hydrogen) atoms. The number of fused-ring (bicyclic) bond motifs is 1. The lowest BCUT2D eigenvalue weighted by Gasteiger charge is -2.29. The van der Waals surface area contributed by atoms with Crippen LogP contribution in [0.15, 0.2) is 18.2 Å². The van der Waals surface area contributed by atoms with Crippen molar-refractivity contribution in [2.45, 2.75) is 25.7 Å². The van der Waals surface area contributed by atoms with Gasteiger partial charge in [0.1, 0.15) is 0 Å². The highest BCUT2D eigenvalue weighted by molar-refractivity contribution is 6.31. The molecule has 0 bridgehead atoms. The van der Waals surface area contributed by atoms with Gasteiger partial charge in [0.2, 0.25) is 0 Å². The lowest BCUT2D eigenvalue weighted by atomic mass is 9.76. The molecule has 2 unspecified atom stereocenters. The van der Waals surface area contributed by atoms with Crippen molar-refractivity contribution in [3.63, 3.8) is 0 Å². The number of rotatable bonds is 1. The summed E-state index contributed by atoms with van der Waals surface area (Å²) in [5.74, 6) is -0.995. The van der Waals surface area contributed by atoms with E-state index in [4.69, 9.17) is 16.7 Å². The fraction of sp³-hybridized carbons (Fsp3) is 0.417. The Bertz CT molecular complexity index is 401. The highest BCUT2D eigenvalue weighted by Gasteiger charge is 2.32. The van der Waals surface area contributed by atoms with E-state index < -0.39 is 5.97 Å². The SMILES string of the molecule is CC1c2c(Cl)cccc2CCC1C(=O)O. The second-order valence-electron chi connectivity index (χ2n) is 4.08. The number of carboxylic acids is 1. The Morgan fingerprint density at radius 2 is 2.27 bits per heavy atom. The number of aryl methyl sites for hydroxylation is 1. The molecule has 1 N–H and O–H groups in total. The number of halogens is 1. The molecule has 1 aliphatic carbocycles. The monoisotopic (exact) mass is 224 g/mol. The first kappa shape index (κ1) is 10.5. The van der Waals surface area contributed by atoms with Crippen LogP contribution in [0.1, 0.15) is 30.4 Å². The molecular formula is C12H13ClO2. The molecule has 0 heterocycles. The average Bonchev–Trinajstić information content (AvgIpc) is 2.17. The molecule has 1 aromatic rings. The summed E-state index contributed by atoms with van der Waals surface area (Å²) in [5.41, 5.74) is 2.23. The van der Waals surface area contributed by atoms with Crippen LogP contribution in [0.25, 0.3) is 0 Å². The second kappa shape index (κ2) is 3.86. The fourth-order valence-electron chi connectivity index (χ4n) is 2.41. The van der Waals surface area contributed by atoms with E-state index in [0.717, 1.165) is 12.0 Å². The van der Waals surface area contributed by atoms with Crippen LogP contribution in [0.5, 0.6) is 0 Å².